The summed E-state index contributed by atoms with van der Waals surface area (Å²) in [5.41, 5.74) is 1.25. The molecule has 0 unspecified atom stereocenters. The van der Waals surface area contributed by atoms with Gasteiger partial charge in [-0.05, 0) is 31.2 Å². The second-order valence-electron chi connectivity index (χ2n) is 5.04. The van der Waals surface area contributed by atoms with Crippen molar-refractivity contribution in [2.24, 2.45) is 0 Å². The van der Waals surface area contributed by atoms with Gasteiger partial charge >= 0.3 is 0 Å². The molecule has 2 aromatic rings. The molecule has 0 saturated heterocycles. The number of amides is 1. The molecule has 2 rings (SSSR count). The molecule has 0 radical (unpaired) electrons. The molecule has 0 spiro atoms. The third kappa shape index (κ3) is 3.35. The molecule has 0 aliphatic carbocycles. The predicted molar refractivity (Wildman–Crippen MR) is 84.9 cm³/mol. The Morgan fingerprint density at radius 2 is 2.13 bits per heavy atom. The summed E-state index contributed by atoms with van der Waals surface area (Å²) in [5.74, 6) is 2.85. The van der Waals surface area contributed by atoms with Crippen molar-refractivity contribution in [3.05, 3.63) is 35.6 Å². The Morgan fingerprint density at radius 3 is 2.65 bits per heavy atom. The molecule has 1 atom stereocenters. The number of benzene rings is 1. The highest BCUT2D eigenvalue weighted by Crippen LogP contribution is 2.31. The summed E-state index contributed by atoms with van der Waals surface area (Å²) in [6, 6.07) is 7.04. The van der Waals surface area contributed by atoms with Crippen molar-refractivity contribution in [3.63, 3.8) is 0 Å². The lowest BCUT2D eigenvalue weighted by atomic mass is 10.0. The first kappa shape index (κ1) is 16.6. The molecule has 1 amide bonds. The van der Waals surface area contributed by atoms with Gasteiger partial charge in [0.25, 0.3) is 5.91 Å². The number of ether oxygens (including phenoxy) is 1. The number of methoxy groups -OCH3 is 1. The van der Waals surface area contributed by atoms with Crippen LogP contribution in [0.25, 0.3) is 11.3 Å². The molecule has 1 aromatic heterocycles. The average Bonchev–Trinajstić information content (AvgIpc) is 2.99. The van der Waals surface area contributed by atoms with Crippen LogP contribution in [0.4, 0.5) is 0 Å². The van der Waals surface area contributed by atoms with Crippen molar-refractivity contribution in [1.82, 2.24) is 10.1 Å². The van der Waals surface area contributed by atoms with Crippen LogP contribution in [0.1, 0.15) is 29.1 Å². The number of hydrogen-bond acceptors (Lipinski definition) is 5. The summed E-state index contributed by atoms with van der Waals surface area (Å²) in [4.78, 5) is 14.0. The van der Waals surface area contributed by atoms with E-state index in [4.69, 9.17) is 15.7 Å². The standard InChI is InChI=1S/C17H18N2O4/c1-5-10-19(3)17(21)14-15(18-23-16(14)11(2)20)12-6-8-13(22-4)9-7-12/h1,6-9,11,20H,10H2,2-4H3/t11-/m0/s1. The van der Waals surface area contributed by atoms with Crippen molar-refractivity contribution < 1.29 is 19.2 Å². The van der Waals surface area contributed by atoms with Crippen LogP contribution in [-0.4, -0.2) is 41.8 Å². The number of carbonyl (C=O) groups is 1. The maximum atomic E-state index is 12.6. The van der Waals surface area contributed by atoms with E-state index in [0.717, 1.165) is 0 Å². The first-order chi connectivity index (χ1) is 11.0. The van der Waals surface area contributed by atoms with E-state index in [0.29, 0.717) is 17.0 Å². The zero-order valence-electron chi connectivity index (χ0n) is 13.2. The van der Waals surface area contributed by atoms with Gasteiger partial charge in [0, 0.05) is 12.6 Å². The fourth-order valence-electron chi connectivity index (χ4n) is 2.14. The molecule has 0 aliphatic rings. The van der Waals surface area contributed by atoms with Crippen LogP contribution < -0.4 is 4.74 Å². The molecule has 1 N–H and O–H groups in total. The number of nitrogens with zero attached hydrogens (tertiary/aromatic N) is 2. The maximum Gasteiger partial charge on any atom is 0.260 e. The zero-order chi connectivity index (χ0) is 17.0. The minimum absolute atomic E-state index is 0.115. The van der Waals surface area contributed by atoms with Gasteiger partial charge in [0.2, 0.25) is 0 Å². The fourth-order valence-corrected chi connectivity index (χ4v) is 2.14. The van der Waals surface area contributed by atoms with Crippen LogP contribution in [0.5, 0.6) is 5.75 Å². The summed E-state index contributed by atoms with van der Waals surface area (Å²) >= 11 is 0. The summed E-state index contributed by atoms with van der Waals surface area (Å²) in [7, 11) is 3.15. The normalized spacial score (nSPS) is 11.6. The Morgan fingerprint density at radius 1 is 1.48 bits per heavy atom. The van der Waals surface area contributed by atoms with E-state index in [1.54, 1.807) is 38.4 Å². The van der Waals surface area contributed by atoms with E-state index >= 15 is 0 Å². The van der Waals surface area contributed by atoms with Crippen molar-refractivity contribution in [2.45, 2.75) is 13.0 Å². The van der Waals surface area contributed by atoms with Crippen LogP contribution in [0.2, 0.25) is 0 Å². The lowest BCUT2D eigenvalue weighted by Gasteiger charge is -2.15. The van der Waals surface area contributed by atoms with E-state index < -0.39 is 6.10 Å². The molecular weight excluding hydrogens is 296 g/mol. The van der Waals surface area contributed by atoms with E-state index in [1.165, 1.54) is 11.8 Å². The average molecular weight is 314 g/mol. The third-order valence-electron chi connectivity index (χ3n) is 3.35. The predicted octanol–water partition coefficient (Wildman–Crippen LogP) is 2.11. The van der Waals surface area contributed by atoms with Crippen molar-refractivity contribution in [2.75, 3.05) is 20.7 Å². The number of aliphatic hydroxyl groups excluding tert-OH is 1. The topological polar surface area (TPSA) is 75.8 Å². The van der Waals surface area contributed by atoms with Gasteiger partial charge < -0.3 is 19.3 Å². The van der Waals surface area contributed by atoms with Crippen molar-refractivity contribution in [1.29, 1.82) is 0 Å². The molecule has 0 bridgehead atoms. The fraction of sp³-hybridized carbons (Fsp3) is 0.294. The Labute approximate surface area is 134 Å². The molecule has 120 valence electrons. The molecule has 6 nitrogen and oxygen atoms in total. The van der Waals surface area contributed by atoms with Gasteiger partial charge in [-0.2, -0.15) is 0 Å². The first-order valence-corrected chi connectivity index (χ1v) is 7.00. The first-order valence-electron chi connectivity index (χ1n) is 7.00. The molecule has 1 aromatic carbocycles. The second-order valence-corrected chi connectivity index (χ2v) is 5.04. The highest BCUT2D eigenvalue weighted by molar-refractivity contribution is 6.01. The smallest absolute Gasteiger partial charge is 0.260 e. The molecular formula is C17H18N2O4. The van der Waals surface area contributed by atoms with Gasteiger partial charge in [-0.3, -0.25) is 4.79 Å². The number of aromatic nitrogens is 1. The van der Waals surface area contributed by atoms with Gasteiger partial charge in [0.05, 0.1) is 13.7 Å². The number of carbonyl (C=O) groups excluding carboxylic acids is 1. The minimum atomic E-state index is -0.965. The summed E-state index contributed by atoms with van der Waals surface area (Å²) in [6.45, 7) is 1.65. The van der Waals surface area contributed by atoms with Gasteiger partial charge in [-0.15, -0.1) is 6.42 Å². The van der Waals surface area contributed by atoms with Crippen LogP contribution in [0, 0.1) is 12.3 Å². The van der Waals surface area contributed by atoms with Crippen LogP contribution in [0.15, 0.2) is 28.8 Å². The molecule has 23 heavy (non-hydrogen) atoms. The van der Waals surface area contributed by atoms with Crippen molar-refractivity contribution >= 4 is 5.91 Å². The van der Waals surface area contributed by atoms with Crippen molar-refractivity contribution in [3.8, 4) is 29.4 Å². The van der Waals surface area contributed by atoms with Crippen LogP contribution >= 0.6 is 0 Å². The lowest BCUT2D eigenvalue weighted by molar-refractivity contribution is 0.0800. The lowest BCUT2D eigenvalue weighted by Crippen LogP contribution is -2.28. The second kappa shape index (κ2) is 6.99. The summed E-state index contributed by atoms with van der Waals surface area (Å²) in [6.07, 6.45) is 4.29. The maximum absolute atomic E-state index is 12.6. The highest BCUT2D eigenvalue weighted by Gasteiger charge is 2.28. The molecule has 0 fully saturated rings. The third-order valence-corrected chi connectivity index (χ3v) is 3.35. The zero-order valence-corrected chi connectivity index (χ0v) is 13.2. The monoisotopic (exact) mass is 314 g/mol. The Hall–Kier alpha value is -2.78. The molecule has 6 heteroatoms. The van der Waals surface area contributed by atoms with Crippen LogP contribution in [0.3, 0.4) is 0 Å². The van der Waals surface area contributed by atoms with Gasteiger partial charge in [0.1, 0.15) is 23.1 Å². The number of hydrogen-bond donors (Lipinski definition) is 1. The van der Waals surface area contributed by atoms with Gasteiger partial charge in [-0.1, -0.05) is 11.1 Å². The Balaban J connectivity index is 2.51. The highest BCUT2D eigenvalue weighted by atomic mass is 16.5. The number of terminal acetylenes is 1. The largest absolute Gasteiger partial charge is 0.497 e. The van der Waals surface area contributed by atoms with Gasteiger partial charge in [0.15, 0.2) is 5.76 Å². The van der Waals surface area contributed by atoms with E-state index in [2.05, 4.69) is 11.1 Å². The summed E-state index contributed by atoms with van der Waals surface area (Å²) < 4.78 is 10.3. The molecule has 0 saturated carbocycles. The van der Waals surface area contributed by atoms with E-state index in [1.807, 2.05) is 0 Å². The van der Waals surface area contributed by atoms with Gasteiger partial charge in [-0.25, -0.2) is 0 Å². The van der Waals surface area contributed by atoms with E-state index in [-0.39, 0.29) is 23.8 Å². The van der Waals surface area contributed by atoms with Crippen LogP contribution in [-0.2, 0) is 0 Å². The molecule has 1 heterocycles. The van der Waals surface area contributed by atoms with E-state index in [9.17, 15) is 9.90 Å². The Bertz CT molecular complexity index is 726. The number of rotatable bonds is 5. The Kier molecular flexibility index (Phi) is 5.04. The number of aliphatic hydroxyl groups is 1. The quantitative estimate of drug-likeness (QED) is 0.855. The SMILES string of the molecule is C#CCN(C)C(=O)c1c(-c2ccc(OC)cc2)noc1[C@H](C)O. The summed E-state index contributed by atoms with van der Waals surface area (Å²) in [5, 5.41) is 13.8. The minimum Gasteiger partial charge on any atom is -0.497 e. The molecule has 0 aliphatic heterocycles.